The van der Waals surface area contributed by atoms with Gasteiger partial charge in [0.25, 0.3) is 5.91 Å². The maximum absolute atomic E-state index is 11.6. The predicted octanol–water partition coefficient (Wildman–Crippen LogP) is 0.143. The number of carbonyl (C=O) groups is 1. The molecule has 20 heavy (non-hydrogen) atoms. The molecule has 0 bridgehead atoms. The summed E-state index contributed by atoms with van der Waals surface area (Å²) in [5.74, 6) is 0.377. The van der Waals surface area contributed by atoms with Crippen molar-refractivity contribution in [3.63, 3.8) is 0 Å². The lowest BCUT2D eigenvalue weighted by atomic mass is 9.83. The minimum absolute atomic E-state index is 0.0413. The van der Waals surface area contributed by atoms with Crippen LogP contribution < -0.4 is 16.4 Å². The highest BCUT2D eigenvalue weighted by molar-refractivity contribution is 5.92. The van der Waals surface area contributed by atoms with Crippen molar-refractivity contribution in [1.82, 2.24) is 15.5 Å². The van der Waals surface area contributed by atoms with E-state index in [2.05, 4.69) is 20.8 Å². The van der Waals surface area contributed by atoms with E-state index in [1.54, 1.807) is 12.1 Å². The summed E-state index contributed by atoms with van der Waals surface area (Å²) in [5.41, 5.74) is 6.26. The quantitative estimate of drug-likeness (QED) is 0.684. The van der Waals surface area contributed by atoms with E-state index in [9.17, 15) is 4.79 Å². The first-order valence-electron chi connectivity index (χ1n) is 6.91. The summed E-state index contributed by atoms with van der Waals surface area (Å²) >= 11 is 0. The molecule has 1 saturated carbocycles. The molecule has 3 unspecified atom stereocenters. The molecule has 1 amide bonds. The summed E-state index contributed by atoms with van der Waals surface area (Å²) in [6, 6.07) is 3.46. The van der Waals surface area contributed by atoms with Gasteiger partial charge in [-0.2, -0.15) is 0 Å². The number of hydrogen-bond donors (Lipinski definition) is 3. The highest BCUT2D eigenvalue weighted by atomic mass is 16.5. The van der Waals surface area contributed by atoms with Crippen molar-refractivity contribution in [1.29, 1.82) is 0 Å². The maximum atomic E-state index is 11.6. The van der Waals surface area contributed by atoms with E-state index in [4.69, 9.17) is 10.5 Å². The number of anilines is 1. The Bertz CT molecular complexity index is 449. The summed E-state index contributed by atoms with van der Waals surface area (Å²) in [6.07, 6.45) is 0.954. The Morgan fingerprint density at radius 1 is 1.45 bits per heavy atom. The van der Waals surface area contributed by atoms with Crippen LogP contribution in [0, 0.1) is 0 Å². The van der Waals surface area contributed by atoms with Crippen LogP contribution in [0.1, 0.15) is 30.8 Å². The lowest BCUT2D eigenvalue weighted by Crippen LogP contribution is -2.60. The van der Waals surface area contributed by atoms with E-state index in [0.717, 1.165) is 6.42 Å². The van der Waals surface area contributed by atoms with Gasteiger partial charge in [-0.15, -0.1) is 10.2 Å². The van der Waals surface area contributed by atoms with Gasteiger partial charge in [-0.25, -0.2) is 0 Å². The highest BCUT2D eigenvalue weighted by Gasteiger charge is 2.39. The van der Waals surface area contributed by atoms with Crippen molar-refractivity contribution < 1.29 is 9.53 Å². The van der Waals surface area contributed by atoms with E-state index >= 15 is 0 Å². The minimum atomic E-state index is -0.223. The van der Waals surface area contributed by atoms with E-state index in [1.807, 2.05) is 13.8 Å². The number of rotatable bonds is 6. The van der Waals surface area contributed by atoms with Crippen molar-refractivity contribution in [3.05, 3.63) is 17.8 Å². The maximum Gasteiger partial charge on any atom is 0.271 e. The molecule has 7 nitrogen and oxygen atoms in total. The molecule has 2 rings (SSSR count). The summed E-state index contributed by atoms with van der Waals surface area (Å²) in [6.45, 7) is 5.04. The monoisotopic (exact) mass is 279 g/mol. The zero-order valence-corrected chi connectivity index (χ0v) is 11.8. The fourth-order valence-electron chi connectivity index (χ4n) is 2.18. The van der Waals surface area contributed by atoms with Gasteiger partial charge in [0.15, 0.2) is 5.69 Å². The Balaban J connectivity index is 1.95. The summed E-state index contributed by atoms with van der Waals surface area (Å²) < 4.78 is 5.57. The molecule has 1 aromatic heterocycles. The lowest BCUT2D eigenvalue weighted by Gasteiger charge is -2.42. The van der Waals surface area contributed by atoms with Gasteiger partial charge in [-0.3, -0.25) is 4.79 Å². The Morgan fingerprint density at radius 3 is 2.80 bits per heavy atom. The van der Waals surface area contributed by atoms with Crippen LogP contribution in [0.5, 0.6) is 0 Å². The summed E-state index contributed by atoms with van der Waals surface area (Å²) in [4.78, 5) is 11.6. The first-order valence-corrected chi connectivity index (χ1v) is 6.91. The Kier molecular flexibility index (Phi) is 4.86. The van der Waals surface area contributed by atoms with Crippen LogP contribution in [0.15, 0.2) is 12.1 Å². The molecular weight excluding hydrogens is 258 g/mol. The third-order valence-corrected chi connectivity index (χ3v) is 3.30. The second-order valence-corrected chi connectivity index (χ2v) is 4.73. The molecule has 0 aliphatic heterocycles. The number of hydrogen-bond acceptors (Lipinski definition) is 6. The molecular formula is C13H21N5O2. The van der Waals surface area contributed by atoms with Gasteiger partial charge in [0, 0.05) is 19.2 Å². The SMILES string of the molecule is CCNC(=O)c1ccc(NC2C(N)CC2OCC)nn1. The van der Waals surface area contributed by atoms with Crippen molar-refractivity contribution in [2.45, 2.75) is 38.5 Å². The molecule has 7 heteroatoms. The number of nitrogens with one attached hydrogen (secondary N) is 2. The van der Waals surface area contributed by atoms with Crippen LogP contribution in [-0.2, 0) is 4.74 Å². The largest absolute Gasteiger partial charge is 0.376 e. The summed E-state index contributed by atoms with van der Waals surface area (Å²) in [7, 11) is 0. The molecule has 3 atom stereocenters. The van der Waals surface area contributed by atoms with Crippen LogP contribution in [0.25, 0.3) is 0 Å². The fourth-order valence-corrected chi connectivity index (χ4v) is 2.18. The fraction of sp³-hybridized carbons (Fsp3) is 0.615. The van der Waals surface area contributed by atoms with Crippen molar-refractivity contribution in [2.24, 2.45) is 5.73 Å². The Morgan fingerprint density at radius 2 is 2.25 bits per heavy atom. The van der Waals surface area contributed by atoms with Crippen LogP contribution in [0.3, 0.4) is 0 Å². The van der Waals surface area contributed by atoms with Gasteiger partial charge in [-0.05, 0) is 32.4 Å². The number of aromatic nitrogens is 2. The molecule has 0 radical (unpaired) electrons. The molecule has 0 saturated heterocycles. The average molecular weight is 279 g/mol. The molecule has 0 aromatic carbocycles. The van der Waals surface area contributed by atoms with Gasteiger partial charge in [-0.1, -0.05) is 0 Å². The van der Waals surface area contributed by atoms with Crippen LogP contribution in [0.4, 0.5) is 5.82 Å². The Hall–Kier alpha value is -1.73. The number of ether oxygens (including phenoxy) is 1. The second-order valence-electron chi connectivity index (χ2n) is 4.73. The molecule has 1 heterocycles. The van der Waals surface area contributed by atoms with Gasteiger partial charge >= 0.3 is 0 Å². The van der Waals surface area contributed by atoms with Crippen molar-refractivity contribution in [2.75, 3.05) is 18.5 Å². The number of carbonyl (C=O) groups excluding carboxylic acids is 1. The third kappa shape index (κ3) is 3.23. The molecule has 4 N–H and O–H groups in total. The molecule has 1 aromatic rings. The first kappa shape index (κ1) is 14.7. The van der Waals surface area contributed by atoms with Crippen molar-refractivity contribution in [3.8, 4) is 0 Å². The molecule has 1 aliphatic rings. The predicted molar refractivity (Wildman–Crippen MR) is 75.5 cm³/mol. The third-order valence-electron chi connectivity index (χ3n) is 3.30. The van der Waals surface area contributed by atoms with E-state index < -0.39 is 0 Å². The molecule has 110 valence electrons. The van der Waals surface area contributed by atoms with Gasteiger partial charge < -0.3 is 21.1 Å². The molecule has 1 aliphatic carbocycles. The van der Waals surface area contributed by atoms with Crippen LogP contribution >= 0.6 is 0 Å². The number of amides is 1. The smallest absolute Gasteiger partial charge is 0.271 e. The molecule has 0 spiro atoms. The topological polar surface area (TPSA) is 102 Å². The standard InChI is InChI=1S/C13H21N5O2/c1-3-15-13(19)9-5-6-11(18-17-9)16-12-8(14)7-10(12)20-4-2/h5-6,8,10,12H,3-4,7,14H2,1-2H3,(H,15,19)(H,16,18). The van der Waals surface area contributed by atoms with E-state index in [1.165, 1.54) is 0 Å². The minimum Gasteiger partial charge on any atom is -0.376 e. The van der Waals surface area contributed by atoms with Gasteiger partial charge in [0.05, 0.1) is 12.1 Å². The van der Waals surface area contributed by atoms with Crippen LogP contribution in [-0.4, -0.2) is 47.4 Å². The van der Waals surface area contributed by atoms with Gasteiger partial charge in [0.1, 0.15) is 5.82 Å². The highest BCUT2D eigenvalue weighted by Crippen LogP contribution is 2.25. The zero-order chi connectivity index (χ0) is 14.5. The van der Waals surface area contributed by atoms with E-state index in [0.29, 0.717) is 24.7 Å². The Labute approximate surface area is 118 Å². The lowest BCUT2D eigenvalue weighted by molar-refractivity contribution is -0.0127. The van der Waals surface area contributed by atoms with Crippen molar-refractivity contribution >= 4 is 11.7 Å². The number of nitrogens with two attached hydrogens (primary N) is 1. The summed E-state index contributed by atoms with van der Waals surface area (Å²) in [5, 5.41) is 13.8. The normalized spacial score (nSPS) is 24.9. The average Bonchev–Trinajstić information content (AvgIpc) is 2.45. The molecule has 1 fully saturated rings. The first-order chi connectivity index (χ1) is 9.65. The number of nitrogens with zero attached hydrogens (tertiary/aromatic N) is 2. The second kappa shape index (κ2) is 6.62. The zero-order valence-electron chi connectivity index (χ0n) is 11.8. The van der Waals surface area contributed by atoms with Crippen LogP contribution in [0.2, 0.25) is 0 Å². The van der Waals surface area contributed by atoms with Gasteiger partial charge in [0.2, 0.25) is 0 Å². The van der Waals surface area contributed by atoms with E-state index in [-0.39, 0.29) is 24.1 Å².